The van der Waals surface area contributed by atoms with Crippen molar-refractivity contribution in [3.8, 4) is 6.07 Å². The monoisotopic (exact) mass is 254 g/mol. The summed E-state index contributed by atoms with van der Waals surface area (Å²) in [6.07, 6.45) is 0. The average Bonchev–Trinajstić information content (AvgIpc) is 2.42. The molecule has 1 unspecified atom stereocenters. The average molecular weight is 254 g/mol. The van der Waals surface area contributed by atoms with E-state index in [2.05, 4.69) is 11.4 Å². The van der Waals surface area contributed by atoms with Crippen LogP contribution in [0.15, 0.2) is 42.5 Å². The van der Waals surface area contributed by atoms with E-state index in [0.717, 1.165) is 11.1 Å². The molecule has 0 aromatic heterocycles. The molecule has 2 nitrogen and oxygen atoms in total. The Hall–Kier alpha value is -2.34. The molecule has 2 aromatic carbocycles. The highest BCUT2D eigenvalue weighted by Gasteiger charge is 2.09. The fraction of sp³-hybridized carbons (Fsp3) is 0.188. The molecular formula is C16H15FN2. The molecule has 1 atom stereocenters. The lowest BCUT2D eigenvalue weighted by atomic mass is 10.1. The highest BCUT2D eigenvalue weighted by Crippen LogP contribution is 2.22. The molecule has 2 aromatic rings. The molecule has 2 rings (SSSR count). The number of hydrogen-bond acceptors (Lipinski definition) is 2. The third kappa shape index (κ3) is 3.11. The summed E-state index contributed by atoms with van der Waals surface area (Å²) >= 11 is 0. The first-order valence-corrected chi connectivity index (χ1v) is 6.13. The summed E-state index contributed by atoms with van der Waals surface area (Å²) < 4.78 is 13.8. The van der Waals surface area contributed by atoms with Crippen molar-refractivity contribution in [1.82, 2.24) is 0 Å². The second-order valence-electron chi connectivity index (χ2n) is 4.59. The Balaban J connectivity index is 2.20. The number of hydrogen-bond donors (Lipinski definition) is 1. The second kappa shape index (κ2) is 5.53. The second-order valence-corrected chi connectivity index (χ2v) is 4.59. The molecule has 96 valence electrons. The van der Waals surface area contributed by atoms with Crippen LogP contribution in [0.25, 0.3) is 0 Å². The normalized spacial score (nSPS) is 11.7. The molecule has 1 N–H and O–H groups in total. The third-order valence-corrected chi connectivity index (χ3v) is 3.01. The van der Waals surface area contributed by atoms with Crippen molar-refractivity contribution in [1.29, 1.82) is 5.26 Å². The Morgan fingerprint density at radius 2 is 2.00 bits per heavy atom. The first-order valence-electron chi connectivity index (χ1n) is 6.13. The van der Waals surface area contributed by atoms with Gasteiger partial charge in [-0.1, -0.05) is 18.2 Å². The van der Waals surface area contributed by atoms with E-state index in [1.165, 1.54) is 6.07 Å². The maximum Gasteiger partial charge on any atom is 0.146 e. The highest BCUT2D eigenvalue weighted by atomic mass is 19.1. The Morgan fingerprint density at radius 1 is 1.21 bits per heavy atom. The van der Waals surface area contributed by atoms with E-state index in [0.29, 0.717) is 11.3 Å². The van der Waals surface area contributed by atoms with Crippen molar-refractivity contribution in [2.75, 3.05) is 5.32 Å². The zero-order valence-corrected chi connectivity index (χ0v) is 10.9. The molecule has 0 aliphatic carbocycles. The van der Waals surface area contributed by atoms with Crippen molar-refractivity contribution in [3.05, 3.63) is 65.0 Å². The quantitative estimate of drug-likeness (QED) is 0.891. The number of aryl methyl sites for hydroxylation is 1. The summed E-state index contributed by atoms with van der Waals surface area (Å²) in [5.41, 5.74) is 2.93. The van der Waals surface area contributed by atoms with Gasteiger partial charge < -0.3 is 5.32 Å². The minimum atomic E-state index is -0.261. The van der Waals surface area contributed by atoms with Crippen LogP contribution in [-0.2, 0) is 0 Å². The molecule has 0 spiro atoms. The zero-order valence-electron chi connectivity index (χ0n) is 10.9. The van der Waals surface area contributed by atoms with Crippen LogP contribution in [-0.4, -0.2) is 0 Å². The molecular weight excluding hydrogens is 239 g/mol. The number of nitrogens with zero attached hydrogens (tertiary/aromatic N) is 1. The lowest BCUT2D eigenvalue weighted by Gasteiger charge is -2.16. The first-order chi connectivity index (χ1) is 9.10. The summed E-state index contributed by atoms with van der Waals surface area (Å²) in [6, 6.07) is 14.4. The van der Waals surface area contributed by atoms with E-state index in [1.807, 2.05) is 38.1 Å². The van der Waals surface area contributed by atoms with Crippen LogP contribution in [0.2, 0.25) is 0 Å². The van der Waals surface area contributed by atoms with Gasteiger partial charge in [0.15, 0.2) is 0 Å². The molecule has 0 aliphatic rings. The van der Waals surface area contributed by atoms with E-state index in [-0.39, 0.29) is 11.9 Å². The van der Waals surface area contributed by atoms with Crippen LogP contribution >= 0.6 is 0 Å². The van der Waals surface area contributed by atoms with E-state index in [4.69, 9.17) is 5.26 Å². The molecule has 0 aliphatic heterocycles. The standard InChI is InChI=1S/C16H15FN2/c1-11-6-7-16(15(17)8-11)19-12(2)14-5-3-4-13(9-14)10-18/h3-9,12,19H,1-2H3. The predicted molar refractivity (Wildman–Crippen MR) is 74.3 cm³/mol. The van der Waals surface area contributed by atoms with Gasteiger partial charge >= 0.3 is 0 Å². The van der Waals surface area contributed by atoms with Gasteiger partial charge in [-0.2, -0.15) is 5.26 Å². The molecule has 0 amide bonds. The Kier molecular flexibility index (Phi) is 3.82. The van der Waals surface area contributed by atoms with Crippen LogP contribution in [0.5, 0.6) is 0 Å². The SMILES string of the molecule is Cc1ccc(NC(C)c2cccc(C#N)c2)c(F)c1. The van der Waals surface area contributed by atoms with Gasteiger partial charge in [-0.25, -0.2) is 4.39 Å². The maximum absolute atomic E-state index is 13.8. The van der Waals surface area contributed by atoms with Gasteiger partial charge in [0, 0.05) is 6.04 Å². The smallest absolute Gasteiger partial charge is 0.146 e. The topological polar surface area (TPSA) is 35.8 Å². The third-order valence-electron chi connectivity index (χ3n) is 3.01. The van der Waals surface area contributed by atoms with Crippen LogP contribution in [0, 0.1) is 24.1 Å². The number of halogens is 1. The fourth-order valence-electron chi connectivity index (χ4n) is 1.93. The summed E-state index contributed by atoms with van der Waals surface area (Å²) in [4.78, 5) is 0. The zero-order chi connectivity index (χ0) is 13.8. The van der Waals surface area contributed by atoms with E-state index in [1.54, 1.807) is 12.1 Å². The summed E-state index contributed by atoms with van der Waals surface area (Å²) in [5, 5.41) is 12.0. The minimum absolute atomic E-state index is 0.0643. The van der Waals surface area contributed by atoms with Gasteiger partial charge in [-0.3, -0.25) is 0 Å². The summed E-state index contributed by atoms with van der Waals surface area (Å²) in [5.74, 6) is -0.261. The number of benzene rings is 2. The fourth-order valence-corrected chi connectivity index (χ4v) is 1.93. The van der Waals surface area contributed by atoms with Crippen molar-refractivity contribution in [2.45, 2.75) is 19.9 Å². The molecule has 19 heavy (non-hydrogen) atoms. The van der Waals surface area contributed by atoms with Crippen LogP contribution in [0.1, 0.15) is 29.7 Å². The van der Waals surface area contributed by atoms with Gasteiger partial charge in [0.2, 0.25) is 0 Å². The van der Waals surface area contributed by atoms with Crippen LogP contribution in [0.3, 0.4) is 0 Å². The molecule has 0 heterocycles. The van der Waals surface area contributed by atoms with Crippen molar-refractivity contribution in [3.63, 3.8) is 0 Å². The number of nitrogens with one attached hydrogen (secondary N) is 1. The highest BCUT2D eigenvalue weighted by molar-refractivity contribution is 5.48. The lowest BCUT2D eigenvalue weighted by Crippen LogP contribution is -2.08. The number of nitriles is 1. The van der Waals surface area contributed by atoms with Gasteiger partial charge in [-0.15, -0.1) is 0 Å². The van der Waals surface area contributed by atoms with E-state index in [9.17, 15) is 4.39 Å². The maximum atomic E-state index is 13.8. The molecule has 0 saturated heterocycles. The summed E-state index contributed by atoms with van der Waals surface area (Å²) in [7, 11) is 0. The molecule has 0 saturated carbocycles. The minimum Gasteiger partial charge on any atom is -0.376 e. The molecule has 0 fully saturated rings. The van der Waals surface area contributed by atoms with Crippen LogP contribution < -0.4 is 5.32 Å². The van der Waals surface area contributed by atoms with Crippen molar-refractivity contribution in [2.24, 2.45) is 0 Å². The first kappa shape index (κ1) is 13.1. The van der Waals surface area contributed by atoms with Crippen molar-refractivity contribution >= 4 is 5.69 Å². The van der Waals surface area contributed by atoms with Gasteiger partial charge in [-0.05, 0) is 49.2 Å². The largest absolute Gasteiger partial charge is 0.376 e. The number of rotatable bonds is 3. The molecule has 0 radical (unpaired) electrons. The van der Waals surface area contributed by atoms with Crippen LogP contribution in [0.4, 0.5) is 10.1 Å². The Labute approximate surface area is 112 Å². The summed E-state index contributed by atoms with van der Waals surface area (Å²) in [6.45, 7) is 3.79. The van der Waals surface area contributed by atoms with E-state index < -0.39 is 0 Å². The lowest BCUT2D eigenvalue weighted by molar-refractivity contribution is 0.626. The predicted octanol–water partition coefficient (Wildman–Crippen LogP) is 4.18. The van der Waals surface area contributed by atoms with Gasteiger partial charge in [0.05, 0.1) is 17.3 Å². The van der Waals surface area contributed by atoms with Gasteiger partial charge in [0.25, 0.3) is 0 Å². The Morgan fingerprint density at radius 3 is 2.68 bits per heavy atom. The molecule has 3 heteroatoms. The molecule has 0 bridgehead atoms. The van der Waals surface area contributed by atoms with Gasteiger partial charge in [0.1, 0.15) is 5.82 Å². The number of anilines is 1. The van der Waals surface area contributed by atoms with Crippen molar-refractivity contribution < 1.29 is 4.39 Å². The Bertz CT molecular complexity index is 629. The van der Waals surface area contributed by atoms with E-state index >= 15 is 0 Å².